The molecule has 0 radical (unpaired) electrons. The minimum absolute atomic E-state index is 0.0230. The number of hydrogen-bond donors (Lipinski definition) is 1. The molecule has 2 aromatic carbocycles. The van der Waals surface area contributed by atoms with E-state index in [-0.39, 0.29) is 40.3 Å². The first-order valence-corrected chi connectivity index (χ1v) is 16.1. The van der Waals surface area contributed by atoms with Crippen LogP contribution in [0.2, 0.25) is 0 Å². The van der Waals surface area contributed by atoms with Crippen molar-refractivity contribution in [1.82, 2.24) is 0 Å². The maximum Gasteiger partial charge on any atom is 0.303 e. The molecule has 5 heterocycles. The lowest BCUT2D eigenvalue weighted by atomic mass is 9.66. The molecule has 5 heteroatoms. The van der Waals surface area contributed by atoms with Gasteiger partial charge in [-0.15, -0.1) is 0 Å². The number of aliphatic carboxylic acids is 1. The van der Waals surface area contributed by atoms with Crippen LogP contribution in [0, 0.1) is 10.8 Å². The van der Waals surface area contributed by atoms with Crippen LogP contribution in [0.3, 0.4) is 0 Å². The number of rotatable bonds is 5. The highest BCUT2D eigenvalue weighted by Crippen LogP contribution is 2.58. The fourth-order valence-electron chi connectivity index (χ4n) is 9.03. The van der Waals surface area contributed by atoms with Crippen LogP contribution in [0.1, 0.15) is 91.3 Å². The third-order valence-corrected chi connectivity index (χ3v) is 11.0. The van der Waals surface area contributed by atoms with E-state index in [4.69, 9.17) is 9.84 Å². The third kappa shape index (κ3) is 4.06. The number of carboxylic acid groups (broad SMARTS) is 1. The van der Waals surface area contributed by atoms with Crippen molar-refractivity contribution in [1.29, 1.82) is 0 Å². The minimum Gasteiger partial charge on any atom is -0.481 e. The largest absolute Gasteiger partial charge is 0.481 e. The Morgan fingerprint density at radius 3 is 2.42 bits per heavy atom. The highest BCUT2D eigenvalue weighted by molar-refractivity contribution is 6.09. The number of carboxylic acids is 1. The first-order chi connectivity index (χ1) is 20.1. The molecule has 2 aromatic rings. The zero-order valence-corrected chi connectivity index (χ0v) is 27.2. The Kier molecular flexibility index (Phi) is 6.09. The number of carbonyl (C=O) groups is 1. The Hall–Kier alpha value is -3.18. The summed E-state index contributed by atoms with van der Waals surface area (Å²) in [7, 11) is 0. The van der Waals surface area contributed by atoms with Gasteiger partial charge in [0.15, 0.2) is 12.3 Å². The van der Waals surface area contributed by atoms with Crippen LogP contribution in [-0.4, -0.2) is 46.7 Å². The molecule has 7 rings (SSSR count). The van der Waals surface area contributed by atoms with Gasteiger partial charge in [0.25, 0.3) is 0 Å². The van der Waals surface area contributed by atoms with Gasteiger partial charge in [0.05, 0.1) is 16.9 Å². The van der Waals surface area contributed by atoms with Gasteiger partial charge in [0, 0.05) is 58.0 Å². The molecule has 2 atom stereocenters. The number of allylic oxidation sites excluding steroid dienone is 1. The molecule has 0 saturated heterocycles. The highest BCUT2D eigenvalue weighted by atomic mass is 16.5. The van der Waals surface area contributed by atoms with Gasteiger partial charge in [-0.25, -0.2) is 0 Å². The first-order valence-electron chi connectivity index (χ1n) is 16.1. The number of ether oxygens (including phenoxy) is 1. The van der Waals surface area contributed by atoms with Crippen molar-refractivity contribution >= 4 is 23.1 Å². The Labute approximate surface area is 257 Å². The molecule has 5 aliphatic heterocycles. The number of para-hydroxylation sites is 1. The van der Waals surface area contributed by atoms with Gasteiger partial charge in [-0.05, 0) is 56.4 Å². The molecule has 0 aromatic heterocycles. The van der Waals surface area contributed by atoms with Crippen LogP contribution in [0.5, 0.6) is 0 Å². The predicted octanol–water partition coefficient (Wildman–Crippen LogP) is 7.69. The average Bonchev–Trinajstić information content (AvgIpc) is 3.28. The van der Waals surface area contributed by atoms with Gasteiger partial charge in [0.1, 0.15) is 6.10 Å². The Balaban J connectivity index is 1.37. The molecule has 0 spiro atoms. The molecule has 0 bridgehead atoms. The molecule has 5 nitrogen and oxygen atoms in total. The van der Waals surface area contributed by atoms with E-state index in [0.29, 0.717) is 6.42 Å². The maximum absolute atomic E-state index is 11.0. The fraction of sp³-hybridized carbons (Fsp3) is 0.526. The van der Waals surface area contributed by atoms with Crippen molar-refractivity contribution < 1.29 is 19.2 Å². The number of aryl methyl sites for hydroxylation is 1. The van der Waals surface area contributed by atoms with Crippen LogP contribution in [0.4, 0.5) is 11.4 Å². The summed E-state index contributed by atoms with van der Waals surface area (Å²) in [5.74, 6) is -0.712. The number of benzene rings is 2. The van der Waals surface area contributed by atoms with E-state index in [1.165, 1.54) is 50.6 Å². The summed E-state index contributed by atoms with van der Waals surface area (Å²) in [6.45, 7) is 20.9. The number of nitrogens with zero attached hydrogens (tertiary/aromatic N) is 2. The van der Waals surface area contributed by atoms with E-state index in [2.05, 4.69) is 113 Å². The van der Waals surface area contributed by atoms with E-state index in [0.717, 1.165) is 25.9 Å². The Bertz CT molecular complexity index is 1650. The fourth-order valence-corrected chi connectivity index (χ4v) is 9.03. The topological polar surface area (TPSA) is 52.8 Å². The van der Waals surface area contributed by atoms with E-state index in [1.807, 2.05) is 0 Å². The highest BCUT2D eigenvalue weighted by Gasteiger charge is 2.60. The van der Waals surface area contributed by atoms with Crippen LogP contribution in [-0.2, 0) is 26.8 Å². The molecule has 0 aliphatic carbocycles. The lowest BCUT2D eigenvalue weighted by Gasteiger charge is -2.52. The second-order valence-electron chi connectivity index (χ2n) is 16.0. The van der Waals surface area contributed by atoms with E-state index in [1.54, 1.807) is 0 Å². The smallest absolute Gasteiger partial charge is 0.303 e. The van der Waals surface area contributed by atoms with E-state index >= 15 is 0 Å². The molecule has 43 heavy (non-hydrogen) atoms. The predicted molar refractivity (Wildman–Crippen MR) is 173 cm³/mol. The summed E-state index contributed by atoms with van der Waals surface area (Å²) in [6, 6.07) is 15.9. The van der Waals surface area contributed by atoms with Crippen molar-refractivity contribution in [2.45, 2.75) is 104 Å². The standard InChI is InChI=1S/C38H46N2O3/c1-35(2)21-39-28-15-11-10-14-26(28)37(5,6)31(39)24-20-25-32-38(7,8)27-19-23(13-9-12-16-30(41)42)17-18-29(27)40(32)22-36(3,4)34(25)43-33(24)35/h10-11,14-15,17-20,33-34H,9,12-13,16,21-22H2,1-8H3/p+1. The molecule has 0 saturated carbocycles. The SMILES string of the molecule is CC1(C)C2=C3C=C4C5=[N+](CC(C)(C)C4OC3C(C)(C)CN2c2ccc(CCCCC(=O)O)cc21)c1ccccc1C5(C)C. The van der Waals surface area contributed by atoms with Gasteiger partial charge < -0.3 is 14.7 Å². The second kappa shape index (κ2) is 9.17. The lowest BCUT2D eigenvalue weighted by molar-refractivity contribution is -0.466. The molecule has 1 N–H and O–H groups in total. The molecule has 0 fully saturated rings. The molecule has 0 amide bonds. The summed E-state index contributed by atoms with van der Waals surface area (Å²) in [4.78, 5) is 13.6. The van der Waals surface area contributed by atoms with E-state index in [9.17, 15) is 4.79 Å². The van der Waals surface area contributed by atoms with Gasteiger partial charge in [-0.3, -0.25) is 4.79 Å². The van der Waals surface area contributed by atoms with Crippen molar-refractivity contribution in [2.75, 3.05) is 18.0 Å². The normalized spacial score (nSPS) is 26.6. The number of anilines is 1. The quantitative estimate of drug-likeness (QED) is 0.292. The van der Waals surface area contributed by atoms with Crippen LogP contribution < -0.4 is 4.90 Å². The molecular weight excluding hydrogens is 532 g/mol. The lowest BCUT2D eigenvalue weighted by Crippen LogP contribution is -2.58. The summed E-state index contributed by atoms with van der Waals surface area (Å²) in [5.41, 5.74) is 11.8. The molecule has 2 unspecified atom stereocenters. The number of unbranched alkanes of at least 4 members (excludes halogenated alkanes) is 1. The molecule has 226 valence electrons. The number of hydrogen-bond acceptors (Lipinski definition) is 3. The summed E-state index contributed by atoms with van der Waals surface area (Å²) < 4.78 is 9.97. The van der Waals surface area contributed by atoms with Gasteiger partial charge in [-0.1, -0.05) is 71.9 Å². The monoisotopic (exact) mass is 579 g/mol. The van der Waals surface area contributed by atoms with Gasteiger partial charge in [0.2, 0.25) is 5.69 Å². The van der Waals surface area contributed by atoms with Crippen molar-refractivity contribution in [3.63, 3.8) is 0 Å². The zero-order chi connectivity index (χ0) is 30.7. The van der Waals surface area contributed by atoms with Gasteiger partial charge in [-0.2, -0.15) is 4.58 Å². The minimum atomic E-state index is -0.712. The summed E-state index contributed by atoms with van der Waals surface area (Å²) in [6.07, 6.45) is 5.37. The molecule has 5 aliphatic rings. The van der Waals surface area contributed by atoms with E-state index < -0.39 is 5.97 Å². The van der Waals surface area contributed by atoms with Gasteiger partial charge >= 0.3 is 5.97 Å². The third-order valence-electron chi connectivity index (χ3n) is 11.0. The van der Waals surface area contributed by atoms with Crippen molar-refractivity contribution in [3.05, 3.63) is 82.1 Å². The summed E-state index contributed by atoms with van der Waals surface area (Å²) in [5, 5.41) is 9.06. The van der Waals surface area contributed by atoms with Crippen LogP contribution in [0.25, 0.3) is 0 Å². The van der Waals surface area contributed by atoms with Crippen LogP contribution >= 0.6 is 0 Å². The van der Waals surface area contributed by atoms with Crippen molar-refractivity contribution in [2.24, 2.45) is 10.8 Å². The second-order valence-corrected chi connectivity index (χ2v) is 16.0. The first kappa shape index (κ1) is 28.6. The number of fused-ring (bicyclic) bond motifs is 8. The Morgan fingerprint density at radius 2 is 1.67 bits per heavy atom. The Morgan fingerprint density at radius 1 is 0.930 bits per heavy atom. The zero-order valence-electron chi connectivity index (χ0n) is 27.2. The maximum atomic E-state index is 11.0. The van der Waals surface area contributed by atoms with Crippen molar-refractivity contribution in [3.8, 4) is 0 Å². The molecular formula is C38H47N2O3+. The van der Waals surface area contributed by atoms with Crippen LogP contribution in [0.15, 0.2) is 65.4 Å². The average molecular weight is 580 g/mol. The summed E-state index contributed by atoms with van der Waals surface area (Å²) >= 11 is 0.